The van der Waals surface area contributed by atoms with Gasteiger partial charge in [-0.1, -0.05) is 24.3 Å². The Morgan fingerprint density at radius 2 is 2.36 bits per heavy atom. The zero-order valence-electron chi connectivity index (χ0n) is 7.27. The highest BCUT2D eigenvalue weighted by atomic mass is 14.9. The smallest absolute Gasteiger partial charge is 0.00683 e. The molecule has 0 aliphatic heterocycles. The van der Waals surface area contributed by atoms with E-state index in [4.69, 9.17) is 0 Å². The summed E-state index contributed by atoms with van der Waals surface area (Å²) in [6.07, 6.45) is 8.14. The largest absolute Gasteiger partial charge is 0.314 e. The van der Waals surface area contributed by atoms with Crippen molar-refractivity contribution in [3.63, 3.8) is 0 Å². The van der Waals surface area contributed by atoms with E-state index in [0.717, 1.165) is 24.6 Å². The lowest BCUT2D eigenvalue weighted by molar-refractivity contribution is 0.690. The van der Waals surface area contributed by atoms with E-state index in [1.54, 1.807) is 0 Å². The summed E-state index contributed by atoms with van der Waals surface area (Å²) in [6, 6.07) is 0.841. The molecule has 0 unspecified atom stereocenters. The fourth-order valence-corrected chi connectivity index (χ4v) is 0.943. The highest BCUT2D eigenvalue weighted by Gasteiger charge is 2.18. The van der Waals surface area contributed by atoms with Crippen LogP contribution in [-0.2, 0) is 0 Å². The van der Waals surface area contributed by atoms with Gasteiger partial charge in [-0.25, -0.2) is 0 Å². The molecule has 1 aliphatic carbocycles. The summed E-state index contributed by atoms with van der Waals surface area (Å²) >= 11 is 0. The third-order valence-electron chi connectivity index (χ3n) is 1.72. The van der Waals surface area contributed by atoms with Gasteiger partial charge in [0.15, 0.2) is 0 Å². The predicted octanol–water partition coefficient (Wildman–Crippen LogP) is 2.26. The maximum Gasteiger partial charge on any atom is 0.00683 e. The van der Waals surface area contributed by atoms with Gasteiger partial charge in [-0.2, -0.15) is 0 Å². The number of allylic oxidation sites excluding steroid dienone is 2. The molecule has 0 atom stereocenters. The fourth-order valence-electron chi connectivity index (χ4n) is 0.943. The molecule has 0 aromatic carbocycles. The SMILES string of the molecule is C=C(C)C=CCCNC1CC1. The molecule has 0 bridgehead atoms. The first-order valence-electron chi connectivity index (χ1n) is 4.34. The average Bonchev–Trinajstić information content (AvgIpc) is 2.70. The van der Waals surface area contributed by atoms with Crippen LogP contribution in [0.1, 0.15) is 26.2 Å². The molecule has 1 N–H and O–H groups in total. The van der Waals surface area contributed by atoms with Crippen molar-refractivity contribution in [2.45, 2.75) is 32.2 Å². The van der Waals surface area contributed by atoms with Crippen LogP contribution in [0.2, 0.25) is 0 Å². The summed E-state index contributed by atoms with van der Waals surface area (Å²) in [6.45, 7) is 6.93. The van der Waals surface area contributed by atoms with E-state index in [9.17, 15) is 0 Å². The van der Waals surface area contributed by atoms with Crippen molar-refractivity contribution in [1.82, 2.24) is 5.32 Å². The van der Waals surface area contributed by atoms with E-state index >= 15 is 0 Å². The number of rotatable bonds is 5. The van der Waals surface area contributed by atoms with E-state index in [-0.39, 0.29) is 0 Å². The van der Waals surface area contributed by atoms with Gasteiger partial charge in [0.25, 0.3) is 0 Å². The molecule has 1 saturated carbocycles. The van der Waals surface area contributed by atoms with Crippen LogP contribution in [0.5, 0.6) is 0 Å². The van der Waals surface area contributed by atoms with E-state index in [2.05, 4.69) is 24.0 Å². The van der Waals surface area contributed by atoms with Crippen LogP contribution in [0.15, 0.2) is 24.3 Å². The molecule has 1 aliphatic rings. The molecule has 0 spiro atoms. The normalized spacial score (nSPS) is 17.5. The van der Waals surface area contributed by atoms with Crippen molar-refractivity contribution >= 4 is 0 Å². The van der Waals surface area contributed by atoms with Gasteiger partial charge in [-0.05, 0) is 32.7 Å². The topological polar surface area (TPSA) is 12.0 Å². The van der Waals surface area contributed by atoms with Gasteiger partial charge >= 0.3 is 0 Å². The Labute approximate surface area is 69.2 Å². The minimum atomic E-state index is 0.841. The van der Waals surface area contributed by atoms with Crippen molar-refractivity contribution in [2.75, 3.05) is 6.54 Å². The van der Waals surface area contributed by atoms with Crippen LogP contribution >= 0.6 is 0 Å². The van der Waals surface area contributed by atoms with Crippen LogP contribution in [0.25, 0.3) is 0 Å². The molecule has 0 heterocycles. The molecule has 62 valence electrons. The Kier molecular flexibility index (Phi) is 3.37. The first-order chi connectivity index (χ1) is 5.29. The second-order valence-corrected chi connectivity index (χ2v) is 3.27. The Bertz CT molecular complexity index is 154. The molecule has 0 aromatic rings. The van der Waals surface area contributed by atoms with Crippen molar-refractivity contribution in [1.29, 1.82) is 0 Å². The van der Waals surface area contributed by atoms with Crippen LogP contribution in [0, 0.1) is 0 Å². The second kappa shape index (κ2) is 4.35. The van der Waals surface area contributed by atoms with E-state index < -0.39 is 0 Å². The highest BCUT2D eigenvalue weighted by molar-refractivity contribution is 5.10. The zero-order chi connectivity index (χ0) is 8.10. The molecule has 1 heteroatoms. The lowest BCUT2D eigenvalue weighted by Gasteiger charge is -1.96. The minimum Gasteiger partial charge on any atom is -0.314 e. The number of nitrogens with one attached hydrogen (secondary N) is 1. The molecule has 11 heavy (non-hydrogen) atoms. The summed E-state index contributed by atoms with van der Waals surface area (Å²) in [5, 5.41) is 3.45. The molecule has 1 rings (SSSR count). The predicted molar refractivity (Wildman–Crippen MR) is 49.6 cm³/mol. The summed E-state index contributed by atoms with van der Waals surface area (Å²) < 4.78 is 0. The Hall–Kier alpha value is -0.560. The molecule has 1 nitrogen and oxygen atoms in total. The highest BCUT2D eigenvalue weighted by Crippen LogP contribution is 2.18. The van der Waals surface area contributed by atoms with Crippen LogP contribution in [-0.4, -0.2) is 12.6 Å². The minimum absolute atomic E-state index is 0.841. The van der Waals surface area contributed by atoms with Gasteiger partial charge in [-0.3, -0.25) is 0 Å². The lowest BCUT2D eigenvalue weighted by Crippen LogP contribution is -2.16. The van der Waals surface area contributed by atoms with Crippen LogP contribution < -0.4 is 5.32 Å². The molecule has 0 aromatic heterocycles. The van der Waals surface area contributed by atoms with Gasteiger partial charge in [0, 0.05) is 6.04 Å². The molecular weight excluding hydrogens is 134 g/mol. The van der Waals surface area contributed by atoms with Gasteiger partial charge in [0.1, 0.15) is 0 Å². The van der Waals surface area contributed by atoms with Gasteiger partial charge in [0.2, 0.25) is 0 Å². The van der Waals surface area contributed by atoms with E-state index in [0.29, 0.717) is 0 Å². The van der Waals surface area contributed by atoms with Gasteiger partial charge in [0.05, 0.1) is 0 Å². The number of hydrogen-bond donors (Lipinski definition) is 1. The summed E-state index contributed by atoms with van der Waals surface area (Å²) in [7, 11) is 0. The van der Waals surface area contributed by atoms with Crippen LogP contribution in [0.3, 0.4) is 0 Å². The Morgan fingerprint density at radius 1 is 1.64 bits per heavy atom. The van der Waals surface area contributed by atoms with Crippen molar-refractivity contribution in [3.8, 4) is 0 Å². The van der Waals surface area contributed by atoms with Crippen molar-refractivity contribution < 1.29 is 0 Å². The van der Waals surface area contributed by atoms with Gasteiger partial charge < -0.3 is 5.32 Å². The lowest BCUT2D eigenvalue weighted by atomic mass is 10.3. The molecular formula is C10H17N. The Balaban J connectivity index is 1.90. The molecule has 0 amide bonds. The maximum atomic E-state index is 3.79. The maximum absolute atomic E-state index is 3.79. The third-order valence-corrected chi connectivity index (χ3v) is 1.72. The number of hydrogen-bond acceptors (Lipinski definition) is 1. The summed E-state index contributed by atoms with van der Waals surface area (Å²) in [4.78, 5) is 0. The Morgan fingerprint density at radius 3 is 2.91 bits per heavy atom. The molecule has 0 radical (unpaired) electrons. The van der Waals surface area contributed by atoms with Crippen molar-refractivity contribution in [2.24, 2.45) is 0 Å². The average molecular weight is 151 g/mol. The summed E-state index contributed by atoms with van der Waals surface area (Å²) in [5.74, 6) is 0. The first kappa shape index (κ1) is 8.54. The molecule has 0 saturated heterocycles. The van der Waals surface area contributed by atoms with E-state index in [1.807, 2.05) is 6.92 Å². The van der Waals surface area contributed by atoms with Crippen LogP contribution in [0.4, 0.5) is 0 Å². The standard InChI is InChI=1S/C10H17N/c1-9(2)5-3-4-8-11-10-6-7-10/h3,5,10-11H,1,4,6-8H2,2H3. The monoisotopic (exact) mass is 151 g/mol. The van der Waals surface area contributed by atoms with Gasteiger partial charge in [-0.15, -0.1) is 0 Å². The zero-order valence-corrected chi connectivity index (χ0v) is 7.27. The second-order valence-electron chi connectivity index (χ2n) is 3.27. The quantitative estimate of drug-likeness (QED) is 0.469. The first-order valence-corrected chi connectivity index (χ1v) is 4.34. The van der Waals surface area contributed by atoms with E-state index in [1.165, 1.54) is 12.8 Å². The summed E-state index contributed by atoms with van der Waals surface area (Å²) in [5.41, 5.74) is 1.14. The fraction of sp³-hybridized carbons (Fsp3) is 0.600. The van der Waals surface area contributed by atoms with Crippen molar-refractivity contribution in [3.05, 3.63) is 24.3 Å². The molecule has 1 fully saturated rings. The third kappa shape index (κ3) is 4.79.